The van der Waals surface area contributed by atoms with E-state index < -0.39 is 11.6 Å². The second-order valence-corrected chi connectivity index (χ2v) is 6.02. The monoisotopic (exact) mass is 345 g/mol. The number of nitrogens with two attached hydrogens (primary N) is 1. The average molecular weight is 345 g/mol. The highest BCUT2D eigenvalue weighted by atomic mass is 19.1. The van der Waals surface area contributed by atoms with Crippen molar-refractivity contribution in [3.05, 3.63) is 47.8 Å². The predicted molar refractivity (Wildman–Crippen MR) is 95.7 cm³/mol. The van der Waals surface area contributed by atoms with E-state index in [-0.39, 0.29) is 17.2 Å². The maximum absolute atomic E-state index is 13.8. The van der Waals surface area contributed by atoms with Crippen LogP contribution in [0.25, 0.3) is 0 Å². The van der Waals surface area contributed by atoms with E-state index in [1.165, 1.54) is 24.7 Å². The molecule has 132 valence electrons. The van der Waals surface area contributed by atoms with Crippen LogP contribution in [0.1, 0.15) is 32.1 Å². The summed E-state index contributed by atoms with van der Waals surface area (Å²) in [5.41, 5.74) is 7.75. The van der Waals surface area contributed by atoms with Crippen LogP contribution in [-0.4, -0.2) is 16.5 Å². The summed E-state index contributed by atoms with van der Waals surface area (Å²) in [6, 6.07) is 3.16. The Morgan fingerprint density at radius 1 is 1.12 bits per heavy atom. The molecule has 0 fully saturated rings. The molecule has 0 spiro atoms. The zero-order valence-corrected chi connectivity index (χ0v) is 13.9. The lowest BCUT2D eigenvalue weighted by atomic mass is 9.97. The van der Waals surface area contributed by atoms with Crippen LogP contribution in [0.5, 0.6) is 0 Å². The van der Waals surface area contributed by atoms with Crippen molar-refractivity contribution in [1.82, 2.24) is 9.97 Å². The zero-order valence-electron chi connectivity index (χ0n) is 13.9. The molecular formula is C18H21F2N5. The fourth-order valence-corrected chi connectivity index (χ4v) is 2.83. The van der Waals surface area contributed by atoms with Gasteiger partial charge in [0.25, 0.3) is 0 Å². The number of allylic oxidation sites excluding steroid dienone is 1. The topological polar surface area (TPSA) is 75.9 Å². The summed E-state index contributed by atoms with van der Waals surface area (Å²) in [6.07, 6.45) is 9.37. The molecule has 5 nitrogen and oxygen atoms in total. The fourth-order valence-electron chi connectivity index (χ4n) is 2.83. The van der Waals surface area contributed by atoms with Crippen molar-refractivity contribution >= 4 is 23.0 Å². The summed E-state index contributed by atoms with van der Waals surface area (Å²) < 4.78 is 27.0. The maximum atomic E-state index is 13.8. The highest BCUT2D eigenvalue weighted by Crippen LogP contribution is 2.28. The number of benzene rings is 1. The third-order valence-corrected chi connectivity index (χ3v) is 4.19. The number of anilines is 4. The Hall–Kier alpha value is -2.70. The molecular weight excluding hydrogens is 324 g/mol. The molecule has 4 N–H and O–H groups in total. The summed E-state index contributed by atoms with van der Waals surface area (Å²) >= 11 is 0. The zero-order chi connectivity index (χ0) is 17.6. The van der Waals surface area contributed by atoms with Gasteiger partial charge in [-0.15, -0.1) is 0 Å². The van der Waals surface area contributed by atoms with E-state index in [4.69, 9.17) is 5.73 Å². The van der Waals surface area contributed by atoms with Crippen LogP contribution in [0, 0.1) is 11.6 Å². The Bertz CT molecular complexity index is 776. The minimum atomic E-state index is -0.585. The third-order valence-electron chi connectivity index (χ3n) is 4.19. The Morgan fingerprint density at radius 2 is 1.96 bits per heavy atom. The second kappa shape index (κ2) is 7.92. The van der Waals surface area contributed by atoms with Crippen LogP contribution in [-0.2, 0) is 0 Å². The standard InChI is InChI=1S/C18H21F2N5/c19-13-6-7-14(20)15(10-13)25-18-16(21)17(23-11-24-18)22-9-8-12-4-2-1-3-5-12/h4,6-7,10-11H,1-3,5,8-9,21H2,(H2,22,23,24,25). The van der Waals surface area contributed by atoms with E-state index >= 15 is 0 Å². The number of nitrogens with one attached hydrogen (secondary N) is 2. The molecule has 0 unspecified atom stereocenters. The molecule has 0 saturated carbocycles. The van der Waals surface area contributed by atoms with Crippen LogP contribution in [0.4, 0.5) is 31.8 Å². The maximum Gasteiger partial charge on any atom is 0.159 e. The lowest BCUT2D eigenvalue weighted by Crippen LogP contribution is -2.10. The van der Waals surface area contributed by atoms with Gasteiger partial charge in [0.1, 0.15) is 23.6 Å². The van der Waals surface area contributed by atoms with Gasteiger partial charge in [0.2, 0.25) is 0 Å². The number of hydrogen-bond donors (Lipinski definition) is 3. The summed E-state index contributed by atoms with van der Waals surface area (Å²) in [4.78, 5) is 8.14. The van der Waals surface area contributed by atoms with Gasteiger partial charge < -0.3 is 16.4 Å². The number of nitrogens with zero attached hydrogens (tertiary/aromatic N) is 2. The molecule has 1 aliphatic carbocycles. The van der Waals surface area contributed by atoms with Crippen molar-refractivity contribution in [1.29, 1.82) is 0 Å². The number of halogens is 2. The van der Waals surface area contributed by atoms with Crippen LogP contribution >= 0.6 is 0 Å². The first-order valence-electron chi connectivity index (χ1n) is 8.38. The van der Waals surface area contributed by atoms with Crippen LogP contribution < -0.4 is 16.4 Å². The van der Waals surface area contributed by atoms with Crippen molar-refractivity contribution in [3.8, 4) is 0 Å². The molecule has 3 rings (SSSR count). The van der Waals surface area contributed by atoms with Crippen molar-refractivity contribution in [2.45, 2.75) is 32.1 Å². The first-order valence-corrected chi connectivity index (χ1v) is 8.38. The number of hydrogen-bond acceptors (Lipinski definition) is 5. The molecule has 0 amide bonds. The van der Waals surface area contributed by atoms with E-state index in [0.717, 1.165) is 37.5 Å². The minimum absolute atomic E-state index is 0.0243. The van der Waals surface area contributed by atoms with E-state index in [2.05, 4.69) is 26.7 Å². The minimum Gasteiger partial charge on any atom is -0.393 e. The molecule has 2 aromatic rings. The van der Waals surface area contributed by atoms with Crippen LogP contribution in [0.15, 0.2) is 36.2 Å². The molecule has 25 heavy (non-hydrogen) atoms. The van der Waals surface area contributed by atoms with Crippen molar-refractivity contribution in [2.75, 3.05) is 22.9 Å². The van der Waals surface area contributed by atoms with Gasteiger partial charge in [0.05, 0.1) is 5.69 Å². The van der Waals surface area contributed by atoms with Crippen molar-refractivity contribution in [3.63, 3.8) is 0 Å². The predicted octanol–water partition coefficient (Wildman–Crippen LogP) is 4.38. The smallest absolute Gasteiger partial charge is 0.159 e. The fraction of sp³-hybridized carbons (Fsp3) is 0.333. The molecule has 1 heterocycles. The number of nitrogen functional groups attached to an aromatic ring is 1. The highest BCUT2D eigenvalue weighted by molar-refractivity contribution is 5.77. The third kappa shape index (κ3) is 4.43. The number of rotatable bonds is 6. The molecule has 1 aromatic carbocycles. The van der Waals surface area contributed by atoms with Gasteiger partial charge in [-0.2, -0.15) is 0 Å². The van der Waals surface area contributed by atoms with E-state index in [9.17, 15) is 8.78 Å². The summed E-state index contributed by atoms with van der Waals surface area (Å²) in [5.74, 6) is -0.418. The Labute approximate surface area is 145 Å². The van der Waals surface area contributed by atoms with Gasteiger partial charge in [-0.1, -0.05) is 11.6 Å². The lowest BCUT2D eigenvalue weighted by molar-refractivity contribution is 0.603. The molecule has 1 aromatic heterocycles. The Morgan fingerprint density at radius 3 is 2.76 bits per heavy atom. The molecule has 0 atom stereocenters. The molecule has 0 bridgehead atoms. The van der Waals surface area contributed by atoms with Crippen molar-refractivity contribution < 1.29 is 8.78 Å². The SMILES string of the molecule is Nc1c(NCCC2=CCCCC2)ncnc1Nc1cc(F)ccc1F. The average Bonchev–Trinajstić information content (AvgIpc) is 2.62. The van der Waals surface area contributed by atoms with Gasteiger partial charge in [0.15, 0.2) is 11.6 Å². The van der Waals surface area contributed by atoms with E-state index in [0.29, 0.717) is 12.4 Å². The normalized spacial score (nSPS) is 14.1. The molecule has 7 heteroatoms. The van der Waals surface area contributed by atoms with Gasteiger partial charge in [0, 0.05) is 12.6 Å². The second-order valence-electron chi connectivity index (χ2n) is 6.02. The lowest BCUT2D eigenvalue weighted by Gasteiger charge is -2.15. The first-order chi connectivity index (χ1) is 12.1. The largest absolute Gasteiger partial charge is 0.393 e. The summed E-state index contributed by atoms with van der Waals surface area (Å²) in [5, 5.41) is 5.91. The van der Waals surface area contributed by atoms with Crippen LogP contribution in [0.2, 0.25) is 0 Å². The van der Waals surface area contributed by atoms with Gasteiger partial charge in [-0.25, -0.2) is 18.7 Å². The molecule has 1 aliphatic rings. The van der Waals surface area contributed by atoms with Crippen molar-refractivity contribution in [2.24, 2.45) is 0 Å². The quantitative estimate of drug-likeness (QED) is 0.677. The first kappa shape index (κ1) is 17.1. The summed E-state index contributed by atoms with van der Waals surface area (Å²) in [6.45, 7) is 0.709. The van der Waals surface area contributed by atoms with Crippen LogP contribution in [0.3, 0.4) is 0 Å². The van der Waals surface area contributed by atoms with E-state index in [1.807, 2.05) is 0 Å². The summed E-state index contributed by atoms with van der Waals surface area (Å²) in [7, 11) is 0. The Balaban J connectivity index is 1.67. The van der Waals surface area contributed by atoms with Gasteiger partial charge in [-0.3, -0.25) is 0 Å². The van der Waals surface area contributed by atoms with Gasteiger partial charge in [-0.05, 0) is 44.2 Å². The van der Waals surface area contributed by atoms with E-state index in [1.54, 1.807) is 0 Å². The van der Waals surface area contributed by atoms with Gasteiger partial charge >= 0.3 is 0 Å². The molecule has 0 saturated heterocycles. The number of aromatic nitrogens is 2. The molecule has 0 radical (unpaired) electrons. The Kier molecular flexibility index (Phi) is 5.42. The highest BCUT2D eigenvalue weighted by Gasteiger charge is 2.11. The molecule has 0 aliphatic heterocycles.